The average molecular weight is 370 g/mol. The highest BCUT2D eigenvalue weighted by atomic mass is 16.1. The van der Waals surface area contributed by atoms with Gasteiger partial charge >= 0.3 is 0 Å². The molecule has 4 aromatic rings. The van der Waals surface area contributed by atoms with E-state index in [0.717, 1.165) is 22.3 Å². The monoisotopic (exact) mass is 370 g/mol. The standard InChI is InChI=1S/C28H18O/c29-27-22-15-8-7-14-21(22)24-18-28(19-10-3-1-4-11-19,20-12-5-2-6-13-20)25-17-9-16-23(27)26(24)25/h1-18H. The molecule has 0 saturated heterocycles. The highest BCUT2D eigenvalue weighted by molar-refractivity contribution is 6.20. The number of hydrogen-bond acceptors (Lipinski definition) is 1. The summed E-state index contributed by atoms with van der Waals surface area (Å²) < 4.78 is 0. The van der Waals surface area contributed by atoms with Crippen LogP contribution < -0.4 is 0 Å². The van der Waals surface area contributed by atoms with Crippen LogP contribution in [0.2, 0.25) is 0 Å². The number of allylic oxidation sites excluding steroid dienone is 1. The first-order valence-electron chi connectivity index (χ1n) is 9.92. The minimum atomic E-state index is -0.416. The summed E-state index contributed by atoms with van der Waals surface area (Å²) in [4.78, 5) is 13.3. The lowest BCUT2D eigenvalue weighted by atomic mass is 9.70. The van der Waals surface area contributed by atoms with E-state index in [2.05, 4.69) is 78.9 Å². The minimum absolute atomic E-state index is 0.117. The molecule has 0 radical (unpaired) electrons. The Balaban J connectivity index is 1.78. The highest BCUT2D eigenvalue weighted by Gasteiger charge is 2.45. The summed E-state index contributed by atoms with van der Waals surface area (Å²) in [7, 11) is 0. The maximum Gasteiger partial charge on any atom is 0.194 e. The maximum absolute atomic E-state index is 13.3. The van der Waals surface area contributed by atoms with Gasteiger partial charge in [-0.25, -0.2) is 0 Å². The average Bonchev–Trinajstić information content (AvgIpc) is 3.16. The van der Waals surface area contributed by atoms with Crippen LogP contribution in [0.5, 0.6) is 0 Å². The van der Waals surface area contributed by atoms with Crippen LogP contribution in [0.25, 0.3) is 5.57 Å². The van der Waals surface area contributed by atoms with Gasteiger partial charge in [0.15, 0.2) is 5.78 Å². The number of hydrogen-bond donors (Lipinski definition) is 0. The molecule has 6 rings (SSSR count). The van der Waals surface area contributed by atoms with E-state index in [9.17, 15) is 4.79 Å². The molecule has 2 aliphatic rings. The molecule has 29 heavy (non-hydrogen) atoms. The smallest absolute Gasteiger partial charge is 0.194 e. The number of rotatable bonds is 2. The van der Waals surface area contributed by atoms with E-state index in [-0.39, 0.29) is 5.78 Å². The Bertz CT molecular complexity index is 1260. The Kier molecular flexibility index (Phi) is 3.30. The van der Waals surface area contributed by atoms with Gasteiger partial charge in [-0.1, -0.05) is 109 Å². The van der Waals surface area contributed by atoms with Gasteiger partial charge in [0.25, 0.3) is 0 Å². The van der Waals surface area contributed by atoms with Crippen LogP contribution in [-0.4, -0.2) is 5.78 Å². The van der Waals surface area contributed by atoms with Crippen LogP contribution in [0.15, 0.2) is 109 Å². The van der Waals surface area contributed by atoms with Crippen molar-refractivity contribution in [2.45, 2.75) is 5.41 Å². The fourth-order valence-electron chi connectivity index (χ4n) is 5.05. The first-order chi connectivity index (χ1) is 14.3. The van der Waals surface area contributed by atoms with Gasteiger partial charge in [-0.05, 0) is 33.4 Å². The predicted molar refractivity (Wildman–Crippen MR) is 116 cm³/mol. The third kappa shape index (κ3) is 2.07. The van der Waals surface area contributed by atoms with E-state index in [1.165, 1.54) is 22.3 Å². The Hall–Kier alpha value is -3.71. The molecule has 4 aromatic carbocycles. The quantitative estimate of drug-likeness (QED) is 0.372. The van der Waals surface area contributed by atoms with Crippen LogP contribution in [0.1, 0.15) is 43.7 Å². The molecule has 136 valence electrons. The van der Waals surface area contributed by atoms with Gasteiger partial charge in [-0.15, -0.1) is 0 Å². The number of carbonyl (C=O) groups is 1. The Morgan fingerprint density at radius 1 is 0.517 bits per heavy atom. The Morgan fingerprint density at radius 3 is 1.72 bits per heavy atom. The molecule has 0 amide bonds. The molecule has 0 N–H and O–H groups in total. The first kappa shape index (κ1) is 16.3. The fraction of sp³-hybridized carbons (Fsp3) is 0.0357. The van der Waals surface area contributed by atoms with E-state index >= 15 is 0 Å². The van der Waals surface area contributed by atoms with Crippen molar-refractivity contribution in [3.63, 3.8) is 0 Å². The zero-order chi connectivity index (χ0) is 19.4. The third-order valence-electron chi connectivity index (χ3n) is 6.28. The van der Waals surface area contributed by atoms with Gasteiger partial charge in [0.05, 0.1) is 5.41 Å². The molecule has 0 aromatic heterocycles. The van der Waals surface area contributed by atoms with Crippen LogP contribution in [-0.2, 0) is 5.41 Å². The zero-order valence-electron chi connectivity index (χ0n) is 15.8. The van der Waals surface area contributed by atoms with E-state index < -0.39 is 5.41 Å². The highest BCUT2D eigenvalue weighted by Crippen LogP contribution is 2.54. The summed E-state index contributed by atoms with van der Waals surface area (Å²) in [6.45, 7) is 0. The second-order valence-electron chi connectivity index (χ2n) is 7.70. The number of benzene rings is 4. The third-order valence-corrected chi connectivity index (χ3v) is 6.28. The van der Waals surface area contributed by atoms with Gasteiger partial charge < -0.3 is 0 Å². The molecule has 0 atom stereocenters. The van der Waals surface area contributed by atoms with Crippen molar-refractivity contribution in [3.05, 3.63) is 148 Å². The number of carbonyl (C=O) groups excluding carboxylic acids is 1. The lowest BCUT2D eigenvalue weighted by molar-refractivity contribution is 0.103. The summed E-state index contributed by atoms with van der Waals surface area (Å²) in [5, 5.41) is 0. The van der Waals surface area contributed by atoms with E-state index in [1.807, 2.05) is 30.3 Å². The SMILES string of the molecule is O=C1c2ccccc2C2=CC(c3ccccc3)(c3ccccc3)c3cccc1c32. The second-order valence-corrected chi connectivity index (χ2v) is 7.70. The van der Waals surface area contributed by atoms with Crippen molar-refractivity contribution in [2.75, 3.05) is 0 Å². The summed E-state index contributed by atoms with van der Waals surface area (Å²) in [6.07, 6.45) is 2.37. The maximum atomic E-state index is 13.3. The van der Waals surface area contributed by atoms with Crippen LogP contribution >= 0.6 is 0 Å². The summed E-state index contributed by atoms with van der Waals surface area (Å²) in [6, 6.07) is 35.4. The largest absolute Gasteiger partial charge is 0.289 e. The van der Waals surface area contributed by atoms with Gasteiger partial charge in [-0.3, -0.25) is 4.79 Å². The molecule has 0 aliphatic heterocycles. The topological polar surface area (TPSA) is 17.1 Å². The van der Waals surface area contributed by atoms with Crippen molar-refractivity contribution in [1.82, 2.24) is 0 Å². The lowest BCUT2D eigenvalue weighted by Gasteiger charge is -2.31. The lowest BCUT2D eigenvalue weighted by Crippen LogP contribution is -2.25. The molecule has 0 bridgehead atoms. The molecule has 0 fully saturated rings. The summed E-state index contributed by atoms with van der Waals surface area (Å²) in [5.41, 5.74) is 8.08. The molecule has 1 nitrogen and oxygen atoms in total. The zero-order valence-corrected chi connectivity index (χ0v) is 15.8. The second kappa shape index (κ2) is 5.89. The van der Waals surface area contributed by atoms with Crippen molar-refractivity contribution in [1.29, 1.82) is 0 Å². The Morgan fingerprint density at radius 2 is 1.07 bits per heavy atom. The number of fused-ring (bicyclic) bond motifs is 2. The predicted octanol–water partition coefficient (Wildman–Crippen LogP) is 6.01. The van der Waals surface area contributed by atoms with Gasteiger partial charge in [-0.2, -0.15) is 0 Å². The molecule has 0 heterocycles. The van der Waals surface area contributed by atoms with E-state index in [1.54, 1.807) is 0 Å². The molecular formula is C28H18O. The van der Waals surface area contributed by atoms with Crippen molar-refractivity contribution in [3.8, 4) is 0 Å². The molecule has 0 spiro atoms. The molecule has 2 aliphatic carbocycles. The molecule has 1 heteroatoms. The van der Waals surface area contributed by atoms with E-state index in [0.29, 0.717) is 0 Å². The summed E-state index contributed by atoms with van der Waals surface area (Å²) in [5.74, 6) is 0.117. The minimum Gasteiger partial charge on any atom is -0.289 e. The van der Waals surface area contributed by atoms with Gasteiger partial charge in [0.1, 0.15) is 0 Å². The number of ketones is 1. The molecule has 0 saturated carbocycles. The Labute approximate surface area is 170 Å². The van der Waals surface area contributed by atoms with Crippen molar-refractivity contribution >= 4 is 11.4 Å². The van der Waals surface area contributed by atoms with Crippen LogP contribution in [0.3, 0.4) is 0 Å². The van der Waals surface area contributed by atoms with Crippen LogP contribution in [0, 0.1) is 0 Å². The van der Waals surface area contributed by atoms with E-state index in [4.69, 9.17) is 0 Å². The first-order valence-corrected chi connectivity index (χ1v) is 9.92. The normalized spacial score (nSPS) is 15.4. The molecule has 0 unspecified atom stereocenters. The fourth-order valence-corrected chi connectivity index (χ4v) is 5.05. The van der Waals surface area contributed by atoms with Gasteiger partial charge in [0, 0.05) is 11.1 Å². The van der Waals surface area contributed by atoms with Crippen molar-refractivity contribution < 1.29 is 4.79 Å². The summed E-state index contributed by atoms with van der Waals surface area (Å²) >= 11 is 0. The van der Waals surface area contributed by atoms with Gasteiger partial charge in [0.2, 0.25) is 0 Å². The van der Waals surface area contributed by atoms with Crippen LogP contribution in [0.4, 0.5) is 0 Å². The molecular weight excluding hydrogens is 352 g/mol. The van der Waals surface area contributed by atoms with Crippen molar-refractivity contribution in [2.24, 2.45) is 0 Å².